The van der Waals surface area contributed by atoms with Crippen molar-refractivity contribution in [3.63, 3.8) is 0 Å². The number of Topliss-reactive ketones (excluding diaryl/α,β-unsaturated/α-hetero) is 1. The molecule has 0 aliphatic heterocycles. The average molecular weight is 257 g/mol. The summed E-state index contributed by atoms with van der Waals surface area (Å²) < 4.78 is 0. The smallest absolute Gasteiger partial charge is 0.164 e. The van der Waals surface area contributed by atoms with Crippen LogP contribution in [0.3, 0.4) is 0 Å². The average Bonchev–Trinajstić information content (AvgIpc) is 2.40. The largest absolute Gasteiger partial charge is 0.294 e. The highest BCUT2D eigenvalue weighted by Gasteiger charge is 2.28. The molecule has 1 unspecified atom stereocenters. The van der Waals surface area contributed by atoms with Gasteiger partial charge in [-0.05, 0) is 23.6 Å². The molecule has 18 heavy (non-hydrogen) atoms. The number of benzene rings is 2. The van der Waals surface area contributed by atoms with E-state index in [1.54, 1.807) is 6.07 Å². The van der Waals surface area contributed by atoms with Gasteiger partial charge in [-0.2, -0.15) is 0 Å². The summed E-state index contributed by atoms with van der Waals surface area (Å²) in [6.45, 7) is 0. The van der Waals surface area contributed by atoms with E-state index in [2.05, 4.69) is 12.1 Å². The summed E-state index contributed by atoms with van der Waals surface area (Å²) in [5, 5.41) is 0.582. The van der Waals surface area contributed by atoms with Crippen LogP contribution in [-0.2, 0) is 0 Å². The fourth-order valence-electron chi connectivity index (χ4n) is 2.71. The lowest BCUT2D eigenvalue weighted by molar-refractivity contribution is 0.0969. The summed E-state index contributed by atoms with van der Waals surface area (Å²) in [4.78, 5) is 12.0. The highest BCUT2D eigenvalue weighted by Crippen LogP contribution is 2.39. The van der Waals surface area contributed by atoms with Crippen LogP contribution in [0.4, 0.5) is 0 Å². The molecule has 2 aromatic rings. The molecule has 0 aromatic heterocycles. The molecule has 0 bridgehead atoms. The zero-order valence-electron chi connectivity index (χ0n) is 9.90. The Morgan fingerprint density at radius 3 is 2.56 bits per heavy atom. The summed E-state index contributed by atoms with van der Waals surface area (Å²) in [7, 11) is 0. The molecule has 0 N–H and O–H groups in total. The molecular formula is C16H13ClO. The third kappa shape index (κ3) is 1.85. The Morgan fingerprint density at radius 1 is 1.00 bits per heavy atom. The number of rotatable bonds is 1. The van der Waals surface area contributed by atoms with Gasteiger partial charge in [-0.3, -0.25) is 4.79 Å². The molecule has 2 aromatic carbocycles. The van der Waals surface area contributed by atoms with Crippen molar-refractivity contribution in [3.05, 3.63) is 70.2 Å². The van der Waals surface area contributed by atoms with Crippen molar-refractivity contribution in [1.29, 1.82) is 0 Å². The second-order valence-electron chi connectivity index (χ2n) is 4.63. The number of hydrogen-bond acceptors (Lipinski definition) is 1. The first-order valence-electron chi connectivity index (χ1n) is 6.14. The van der Waals surface area contributed by atoms with E-state index in [4.69, 9.17) is 11.6 Å². The van der Waals surface area contributed by atoms with Gasteiger partial charge in [0.15, 0.2) is 5.78 Å². The van der Waals surface area contributed by atoms with Crippen LogP contribution in [0.5, 0.6) is 0 Å². The molecule has 0 fully saturated rings. The van der Waals surface area contributed by atoms with Gasteiger partial charge >= 0.3 is 0 Å². The van der Waals surface area contributed by atoms with Gasteiger partial charge in [0.2, 0.25) is 0 Å². The minimum Gasteiger partial charge on any atom is -0.294 e. The number of hydrogen-bond donors (Lipinski definition) is 0. The Bertz CT molecular complexity index is 589. The minimum atomic E-state index is 0.169. The summed E-state index contributed by atoms with van der Waals surface area (Å²) in [5.41, 5.74) is 3.05. The van der Waals surface area contributed by atoms with E-state index in [-0.39, 0.29) is 11.7 Å². The fraction of sp³-hybridized carbons (Fsp3) is 0.188. The Balaban J connectivity index is 2.15. The van der Waals surface area contributed by atoms with E-state index < -0.39 is 0 Å². The molecule has 2 heteroatoms. The van der Waals surface area contributed by atoms with Crippen molar-refractivity contribution in [3.8, 4) is 0 Å². The Kier molecular flexibility index (Phi) is 2.92. The first kappa shape index (κ1) is 11.5. The molecule has 0 heterocycles. The van der Waals surface area contributed by atoms with Crippen molar-refractivity contribution < 1.29 is 4.79 Å². The predicted octanol–water partition coefficient (Wildman–Crippen LogP) is 4.45. The lowest BCUT2D eigenvalue weighted by atomic mass is 9.78. The Labute approximate surface area is 111 Å². The van der Waals surface area contributed by atoms with E-state index in [1.165, 1.54) is 5.56 Å². The molecular weight excluding hydrogens is 244 g/mol. The van der Waals surface area contributed by atoms with Gasteiger partial charge in [0, 0.05) is 17.9 Å². The van der Waals surface area contributed by atoms with Crippen LogP contribution >= 0.6 is 11.6 Å². The van der Waals surface area contributed by atoms with Crippen molar-refractivity contribution in [2.24, 2.45) is 0 Å². The van der Waals surface area contributed by atoms with E-state index in [0.717, 1.165) is 17.5 Å². The van der Waals surface area contributed by atoms with Gasteiger partial charge in [-0.15, -0.1) is 0 Å². The van der Waals surface area contributed by atoms with Crippen molar-refractivity contribution in [2.75, 3.05) is 0 Å². The lowest BCUT2D eigenvalue weighted by Gasteiger charge is -2.25. The third-order valence-corrected chi connectivity index (χ3v) is 3.88. The molecule has 0 radical (unpaired) electrons. The van der Waals surface area contributed by atoms with Crippen LogP contribution in [0.15, 0.2) is 48.5 Å². The second kappa shape index (κ2) is 4.58. The topological polar surface area (TPSA) is 17.1 Å². The van der Waals surface area contributed by atoms with Gasteiger partial charge < -0.3 is 0 Å². The number of carbonyl (C=O) groups is 1. The number of fused-ring (bicyclic) bond motifs is 1. The van der Waals surface area contributed by atoms with Crippen LogP contribution in [0, 0.1) is 0 Å². The molecule has 1 atom stereocenters. The first-order valence-corrected chi connectivity index (χ1v) is 6.51. The third-order valence-electron chi connectivity index (χ3n) is 3.56. The highest BCUT2D eigenvalue weighted by atomic mass is 35.5. The molecule has 0 spiro atoms. The summed E-state index contributed by atoms with van der Waals surface area (Å²) >= 11 is 6.17. The number of carbonyl (C=O) groups excluding carboxylic acids is 1. The highest BCUT2D eigenvalue weighted by molar-refractivity contribution is 6.34. The number of halogens is 1. The molecule has 0 saturated carbocycles. The van der Waals surface area contributed by atoms with E-state index in [9.17, 15) is 4.79 Å². The zero-order chi connectivity index (χ0) is 12.5. The van der Waals surface area contributed by atoms with Crippen LogP contribution in [0.25, 0.3) is 0 Å². The van der Waals surface area contributed by atoms with E-state index >= 15 is 0 Å². The van der Waals surface area contributed by atoms with Crippen molar-refractivity contribution in [2.45, 2.75) is 18.8 Å². The fourth-order valence-corrected chi connectivity index (χ4v) is 3.00. The molecule has 1 aliphatic rings. The maximum Gasteiger partial charge on any atom is 0.164 e. The summed E-state index contributed by atoms with van der Waals surface area (Å²) in [5.74, 6) is 0.459. The molecule has 0 saturated heterocycles. The van der Waals surface area contributed by atoms with Crippen LogP contribution in [0.1, 0.15) is 40.2 Å². The maximum absolute atomic E-state index is 12.0. The van der Waals surface area contributed by atoms with E-state index in [0.29, 0.717) is 11.4 Å². The van der Waals surface area contributed by atoms with Crippen molar-refractivity contribution >= 4 is 17.4 Å². The Morgan fingerprint density at radius 2 is 1.78 bits per heavy atom. The monoisotopic (exact) mass is 256 g/mol. The van der Waals surface area contributed by atoms with Crippen LogP contribution in [0.2, 0.25) is 5.02 Å². The first-order chi connectivity index (χ1) is 8.77. The number of ketones is 1. The SMILES string of the molecule is O=C1CCC(c2ccccc2)c2cccc(Cl)c21. The van der Waals surface area contributed by atoms with Gasteiger partial charge in [0.1, 0.15) is 0 Å². The second-order valence-corrected chi connectivity index (χ2v) is 5.04. The molecule has 0 amide bonds. The van der Waals surface area contributed by atoms with E-state index in [1.807, 2.05) is 30.3 Å². The molecule has 1 nitrogen and oxygen atoms in total. The summed E-state index contributed by atoms with van der Waals surface area (Å²) in [6, 6.07) is 16.1. The quantitative estimate of drug-likeness (QED) is 0.737. The van der Waals surface area contributed by atoms with Crippen LogP contribution in [-0.4, -0.2) is 5.78 Å². The minimum absolute atomic E-state index is 0.169. The molecule has 90 valence electrons. The predicted molar refractivity (Wildman–Crippen MR) is 73.3 cm³/mol. The van der Waals surface area contributed by atoms with Gasteiger partial charge in [-0.1, -0.05) is 54.1 Å². The lowest BCUT2D eigenvalue weighted by Crippen LogP contribution is -2.17. The molecule has 1 aliphatic carbocycles. The Hall–Kier alpha value is -1.60. The van der Waals surface area contributed by atoms with Gasteiger partial charge in [0.05, 0.1) is 5.02 Å². The zero-order valence-corrected chi connectivity index (χ0v) is 10.7. The molecule has 3 rings (SSSR count). The van der Waals surface area contributed by atoms with Gasteiger partial charge in [0.25, 0.3) is 0 Å². The van der Waals surface area contributed by atoms with Crippen LogP contribution < -0.4 is 0 Å². The van der Waals surface area contributed by atoms with Crippen molar-refractivity contribution in [1.82, 2.24) is 0 Å². The maximum atomic E-state index is 12.0. The van der Waals surface area contributed by atoms with Gasteiger partial charge in [-0.25, -0.2) is 0 Å². The summed E-state index contributed by atoms with van der Waals surface area (Å²) in [6.07, 6.45) is 1.45. The standard InChI is InChI=1S/C16H13ClO/c17-14-8-4-7-13-12(9-10-15(18)16(13)14)11-5-2-1-3-6-11/h1-8,12H,9-10H2. The normalized spacial score (nSPS) is 18.5.